The van der Waals surface area contributed by atoms with Crippen LogP contribution in [-0.2, 0) is 0 Å². The Balaban J connectivity index is 1.67. The van der Waals surface area contributed by atoms with Gasteiger partial charge in [-0.2, -0.15) is 0 Å². The number of unbranched alkanes of at least 4 members (excludes halogenated alkanes) is 1. The Morgan fingerprint density at radius 3 is 1.38 bits per heavy atom. The summed E-state index contributed by atoms with van der Waals surface area (Å²) in [6.45, 7) is 0.976. The number of rotatable bonds is 7. The fourth-order valence-corrected chi connectivity index (χ4v) is 2.73. The Kier molecular flexibility index (Phi) is 8.04. The summed E-state index contributed by atoms with van der Waals surface area (Å²) in [5.74, 6) is -0.438. The van der Waals surface area contributed by atoms with E-state index in [2.05, 4.69) is 10.6 Å². The zero-order chi connectivity index (χ0) is 19.1. The molecule has 2 aromatic rings. The Labute approximate surface area is 171 Å². The van der Waals surface area contributed by atoms with Crippen molar-refractivity contribution in [1.82, 2.24) is 10.6 Å². The zero-order valence-corrected chi connectivity index (χ0v) is 16.6. The molecule has 26 heavy (non-hydrogen) atoms. The van der Waals surface area contributed by atoms with Crippen molar-refractivity contribution in [2.45, 2.75) is 12.8 Å². The minimum Gasteiger partial charge on any atom is -0.352 e. The quantitative estimate of drug-likeness (QED) is 0.586. The number of carbonyl (C=O) groups is 2. The molecule has 138 valence electrons. The normalized spacial score (nSPS) is 10.5. The van der Waals surface area contributed by atoms with Gasteiger partial charge >= 0.3 is 0 Å². The van der Waals surface area contributed by atoms with E-state index in [4.69, 9.17) is 46.4 Å². The number of halogens is 4. The molecule has 2 amide bonds. The smallest absolute Gasteiger partial charge is 0.251 e. The van der Waals surface area contributed by atoms with E-state index in [-0.39, 0.29) is 11.8 Å². The lowest BCUT2D eigenvalue weighted by molar-refractivity contribution is 0.0939. The summed E-state index contributed by atoms with van der Waals surface area (Å²) in [5, 5.41) is 7.07. The van der Waals surface area contributed by atoms with Crippen LogP contribution in [0.25, 0.3) is 0 Å². The molecule has 0 fully saturated rings. The topological polar surface area (TPSA) is 58.2 Å². The predicted molar refractivity (Wildman–Crippen MR) is 107 cm³/mol. The summed E-state index contributed by atoms with van der Waals surface area (Å²) in [5.41, 5.74) is 0.902. The first-order valence-corrected chi connectivity index (χ1v) is 9.36. The van der Waals surface area contributed by atoms with Crippen LogP contribution >= 0.6 is 46.4 Å². The van der Waals surface area contributed by atoms with Gasteiger partial charge in [0.1, 0.15) is 0 Å². The van der Waals surface area contributed by atoms with Gasteiger partial charge in [0.05, 0.1) is 20.1 Å². The average Bonchev–Trinajstić information content (AvgIpc) is 2.62. The molecule has 2 N–H and O–H groups in total. The van der Waals surface area contributed by atoms with Crippen molar-refractivity contribution in [2.24, 2.45) is 0 Å². The highest BCUT2D eigenvalue weighted by molar-refractivity contribution is 6.42. The van der Waals surface area contributed by atoms with Crippen LogP contribution < -0.4 is 10.6 Å². The number of amides is 2. The number of hydrogen-bond acceptors (Lipinski definition) is 2. The van der Waals surface area contributed by atoms with Crippen LogP contribution in [0.3, 0.4) is 0 Å². The Hall–Kier alpha value is -1.46. The lowest BCUT2D eigenvalue weighted by Gasteiger charge is -2.08. The van der Waals surface area contributed by atoms with Crippen LogP contribution in [0, 0.1) is 0 Å². The Morgan fingerprint density at radius 1 is 0.654 bits per heavy atom. The van der Waals surface area contributed by atoms with Gasteiger partial charge < -0.3 is 10.6 Å². The average molecular weight is 434 g/mol. The molecule has 0 atom stereocenters. The molecule has 0 spiro atoms. The van der Waals surface area contributed by atoms with E-state index in [1.165, 1.54) is 12.1 Å². The van der Waals surface area contributed by atoms with E-state index in [1.54, 1.807) is 24.3 Å². The van der Waals surface area contributed by atoms with Crippen molar-refractivity contribution >= 4 is 58.2 Å². The molecule has 0 bridgehead atoms. The first-order valence-electron chi connectivity index (χ1n) is 7.85. The van der Waals surface area contributed by atoms with Gasteiger partial charge in [-0.1, -0.05) is 46.4 Å². The van der Waals surface area contributed by atoms with Gasteiger partial charge in [-0.05, 0) is 49.2 Å². The minimum atomic E-state index is -0.219. The fraction of sp³-hybridized carbons (Fsp3) is 0.222. The van der Waals surface area contributed by atoms with Gasteiger partial charge in [-0.3, -0.25) is 9.59 Å². The summed E-state index contributed by atoms with van der Waals surface area (Å²) in [6, 6.07) is 9.43. The highest BCUT2D eigenvalue weighted by Crippen LogP contribution is 2.23. The highest BCUT2D eigenvalue weighted by atomic mass is 35.5. The molecule has 2 aromatic carbocycles. The fourth-order valence-electron chi connectivity index (χ4n) is 2.13. The molecule has 0 heterocycles. The molecular formula is C18H16Cl4N2O2. The number of hydrogen-bond donors (Lipinski definition) is 2. The van der Waals surface area contributed by atoms with E-state index in [0.717, 1.165) is 0 Å². The molecule has 0 saturated heterocycles. The molecule has 2 rings (SSSR count). The number of benzene rings is 2. The molecule has 4 nitrogen and oxygen atoms in total. The van der Waals surface area contributed by atoms with Crippen molar-refractivity contribution in [1.29, 1.82) is 0 Å². The molecule has 0 unspecified atom stereocenters. The van der Waals surface area contributed by atoms with E-state index >= 15 is 0 Å². The summed E-state index contributed by atoms with van der Waals surface area (Å²) < 4.78 is 0. The van der Waals surface area contributed by atoms with E-state index in [0.29, 0.717) is 57.1 Å². The summed E-state index contributed by atoms with van der Waals surface area (Å²) in [4.78, 5) is 24.0. The van der Waals surface area contributed by atoms with Crippen LogP contribution in [0.5, 0.6) is 0 Å². The Morgan fingerprint density at radius 2 is 1.04 bits per heavy atom. The maximum atomic E-state index is 12.0. The van der Waals surface area contributed by atoms with Crippen LogP contribution in [-0.4, -0.2) is 24.9 Å². The largest absolute Gasteiger partial charge is 0.352 e. The molecular weight excluding hydrogens is 418 g/mol. The van der Waals surface area contributed by atoms with Gasteiger partial charge in [0.25, 0.3) is 11.8 Å². The van der Waals surface area contributed by atoms with Gasteiger partial charge in [0.2, 0.25) is 0 Å². The lowest BCUT2D eigenvalue weighted by atomic mass is 10.2. The van der Waals surface area contributed by atoms with E-state index < -0.39 is 0 Å². The second kappa shape index (κ2) is 10.0. The second-order valence-electron chi connectivity index (χ2n) is 5.48. The van der Waals surface area contributed by atoms with Gasteiger partial charge in [-0.25, -0.2) is 0 Å². The van der Waals surface area contributed by atoms with E-state index in [9.17, 15) is 9.59 Å². The van der Waals surface area contributed by atoms with Crippen molar-refractivity contribution in [2.75, 3.05) is 13.1 Å². The highest BCUT2D eigenvalue weighted by Gasteiger charge is 2.09. The van der Waals surface area contributed by atoms with Crippen LogP contribution in [0.15, 0.2) is 36.4 Å². The third-order valence-electron chi connectivity index (χ3n) is 3.54. The first kappa shape index (κ1) is 20.8. The van der Waals surface area contributed by atoms with Gasteiger partial charge in [0, 0.05) is 24.2 Å². The van der Waals surface area contributed by atoms with Gasteiger partial charge in [0.15, 0.2) is 0 Å². The monoisotopic (exact) mass is 432 g/mol. The van der Waals surface area contributed by atoms with Crippen molar-refractivity contribution in [3.63, 3.8) is 0 Å². The van der Waals surface area contributed by atoms with Crippen LogP contribution in [0.4, 0.5) is 0 Å². The van der Waals surface area contributed by atoms with E-state index in [1.807, 2.05) is 0 Å². The maximum Gasteiger partial charge on any atom is 0.251 e. The maximum absolute atomic E-state index is 12.0. The zero-order valence-electron chi connectivity index (χ0n) is 13.6. The van der Waals surface area contributed by atoms with Crippen LogP contribution in [0.2, 0.25) is 20.1 Å². The molecule has 0 aromatic heterocycles. The standard InChI is InChI=1S/C18H16Cl4N2O2/c19-13-5-3-11(9-15(13)21)17(25)23-7-1-2-8-24-18(26)12-4-6-14(20)16(22)10-12/h3-6,9-10H,1-2,7-8H2,(H,23,25)(H,24,26). The summed E-state index contributed by atoms with van der Waals surface area (Å²) >= 11 is 23.4. The summed E-state index contributed by atoms with van der Waals surface area (Å²) in [7, 11) is 0. The second-order valence-corrected chi connectivity index (χ2v) is 7.11. The van der Waals surface area contributed by atoms with Crippen LogP contribution in [0.1, 0.15) is 33.6 Å². The van der Waals surface area contributed by atoms with Crippen molar-refractivity contribution < 1.29 is 9.59 Å². The summed E-state index contributed by atoms with van der Waals surface area (Å²) in [6.07, 6.45) is 1.43. The minimum absolute atomic E-state index is 0.219. The van der Waals surface area contributed by atoms with Gasteiger partial charge in [-0.15, -0.1) is 0 Å². The molecule has 0 saturated carbocycles. The molecule has 0 aliphatic heterocycles. The molecule has 0 aliphatic carbocycles. The van der Waals surface area contributed by atoms with Crippen molar-refractivity contribution in [3.8, 4) is 0 Å². The Bertz CT molecular complexity index is 744. The molecule has 0 aliphatic rings. The number of nitrogens with one attached hydrogen (secondary N) is 2. The molecule has 8 heteroatoms. The third-order valence-corrected chi connectivity index (χ3v) is 5.02. The lowest BCUT2D eigenvalue weighted by Crippen LogP contribution is -2.27. The number of carbonyl (C=O) groups excluding carboxylic acids is 2. The predicted octanol–water partition coefficient (Wildman–Crippen LogP) is 5.24. The van der Waals surface area contributed by atoms with Crippen molar-refractivity contribution in [3.05, 3.63) is 67.6 Å². The SMILES string of the molecule is O=C(NCCCCNC(=O)c1ccc(Cl)c(Cl)c1)c1ccc(Cl)c(Cl)c1. The third kappa shape index (κ3) is 6.06. The first-order chi connectivity index (χ1) is 12.4. The molecule has 0 radical (unpaired) electrons.